The molecular formula is C15H19N3O. The van der Waals surface area contributed by atoms with Gasteiger partial charge in [-0.2, -0.15) is 0 Å². The van der Waals surface area contributed by atoms with Gasteiger partial charge in [0.05, 0.1) is 11.9 Å². The fourth-order valence-electron chi connectivity index (χ4n) is 3.12. The third kappa shape index (κ3) is 2.28. The molecule has 4 nitrogen and oxygen atoms in total. The molecule has 100 valence electrons. The Morgan fingerprint density at radius 3 is 2.47 bits per heavy atom. The van der Waals surface area contributed by atoms with E-state index >= 15 is 0 Å². The van der Waals surface area contributed by atoms with Crippen molar-refractivity contribution in [1.82, 2.24) is 15.0 Å². The fourth-order valence-corrected chi connectivity index (χ4v) is 3.12. The lowest BCUT2D eigenvalue weighted by molar-refractivity contribution is -0.0128. The molecule has 1 fully saturated rings. The van der Waals surface area contributed by atoms with E-state index in [-0.39, 0.29) is 0 Å². The fraction of sp³-hybridized carbons (Fsp3) is 0.467. The first kappa shape index (κ1) is 12.4. The van der Waals surface area contributed by atoms with Crippen molar-refractivity contribution in [2.75, 3.05) is 0 Å². The predicted octanol–water partition coefficient (Wildman–Crippen LogP) is 2.36. The number of hydrogen-bond donors (Lipinski definition) is 1. The van der Waals surface area contributed by atoms with Crippen LogP contribution in [0.2, 0.25) is 0 Å². The zero-order chi connectivity index (χ0) is 13.3. The average molecular weight is 257 g/mol. The van der Waals surface area contributed by atoms with Crippen molar-refractivity contribution in [3.8, 4) is 0 Å². The van der Waals surface area contributed by atoms with E-state index in [0.29, 0.717) is 5.92 Å². The minimum atomic E-state index is -0.760. The molecule has 1 aliphatic carbocycles. The highest BCUT2D eigenvalue weighted by Crippen LogP contribution is 2.42. The Morgan fingerprint density at radius 1 is 1.21 bits per heavy atom. The van der Waals surface area contributed by atoms with Gasteiger partial charge in [-0.3, -0.25) is 0 Å². The summed E-state index contributed by atoms with van der Waals surface area (Å²) >= 11 is 0. The molecule has 0 atom stereocenters. The lowest BCUT2D eigenvalue weighted by Gasteiger charge is -2.35. The number of nitrogens with zero attached hydrogens (tertiary/aromatic N) is 3. The molecule has 3 rings (SSSR count). The summed E-state index contributed by atoms with van der Waals surface area (Å²) in [6, 6.07) is 10.6. The summed E-state index contributed by atoms with van der Waals surface area (Å²) in [6.45, 7) is 0. The Labute approximate surface area is 113 Å². The molecule has 2 aromatic rings. The minimum absolute atomic E-state index is 0.558. The maximum atomic E-state index is 10.8. The van der Waals surface area contributed by atoms with E-state index in [2.05, 4.69) is 34.6 Å². The van der Waals surface area contributed by atoms with E-state index in [1.54, 1.807) is 10.9 Å². The van der Waals surface area contributed by atoms with Crippen LogP contribution in [-0.4, -0.2) is 20.1 Å². The zero-order valence-corrected chi connectivity index (χ0v) is 11.2. The topological polar surface area (TPSA) is 50.9 Å². The van der Waals surface area contributed by atoms with Crippen LogP contribution in [0.3, 0.4) is 0 Å². The molecule has 1 saturated carbocycles. The first-order valence-electron chi connectivity index (χ1n) is 6.81. The van der Waals surface area contributed by atoms with Crippen molar-refractivity contribution in [3.05, 3.63) is 47.8 Å². The Bertz CT molecular complexity index is 542. The van der Waals surface area contributed by atoms with Gasteiger partial charge >= 0.3 is 0 Å². The van der Waals surface area contributed by atoms with Crippen LogP contribution in [0.1, 0.15) is 42.9 Å². The second kappa shape index (κ2) is 4.78. The minimum Gasteiger partial charge on any atom is -0.384 e. The van der Waals surface area contributed by atoms with Gasteiger partial charge in [0.2, 0.25) is 0 Å². The molecule has 0 unspecified atom stereocenters. The molecule has 0 spiro atoms. The summed E-state index contributed by atoms with van der Waals surface area (Å²) in [5, 5.41) is 18.6. The van der Waals surface area contributed by atoms with Crippen LogP contribution in [0.15, 0.2) is 36.5 Å². The number of aliphatic hydroxyl groups is 1. The maximum absolute atomic E-state index is 10.8. The maximum Gasteiger partial charge on any atom is 0.108 e. The molecule has 1 heterocycles. The van der Waals surface area contributed by atoms with Gasteiger partial charge in [0.1, 0.15) is 5.60 Å². The Morgan fingerprint density at radius 2 is 1.89 bits per heavy atom. The van der Waals surface area contributed by atoms with E-state index in [0.717, 1.165) is 31.4 Å². The zero-order valence-electron chi connectivity index (χ0n) is 11.2. The number of rotatable bonds is 2. The van der Waals surface area contributed by atoms with Crippen molar-refractivity contribution in [2.45, 2.75) is 37.2 Å². The van der Waals surface area contributed by atoms with Crippen molar-refractivity contribution in [2.24, 2.45) is 7.05 Å². The molecule has 1 aliphatic rings. The Hall–Kier alpha value is -1.68. The molecule has 0 radical (unpaired) electrons. The van der Waals surface area contributed by atoms with E-state index in [4.69, 9.17) is 0 Å². The lowest BCUT2D eigenvalue weighted by Crippen LogP contribution is -2.33. The average Bonchev–Trinajstić information content (AvgIpc) is 2.88. The molecule has 1 N–H and O–H groups in total. The summed E-state index contributed by atoms with van der Waals surface area (Å²) in [5.41, 5.74) is 1.45. The molecule has 0 amide bonds. The van der Waals surface area contributed by atoms with Crippen LogP contribution in [-0.2, 0) is 12.6 Å². The highest BCUT2D eigenvalue weighted by Gasteiger charge is 2.37. The van der Waals surface area contributed by atoms with Crippen molar-refractivity contribution < 1.29 is 5.11 Å². The van der Waals surface area contributed by atoms with E-state index in [1.807, 2.05) is 13.1 Å². The van der Waals surface area contributed by atoms with Crippen LogP contribution in [0.4, 0.5) is 0 Å². The summed E-state index contributed by atoms with van der Waals surface area (Å²) in [7, 11) is 1.84. The molecule has 1 aromatic carbocycles. The second-order valence-corrected chi connectivity index (χ2v) is 5.46. The molecule has 1 aromatic heterocycles. The number of hydrogen-bond acceptors (Lipinski definition) is 3. The first-order chi connectivity index (χ1) is 9.19. The standard InChI is InChI=1S/C15H19N3O/c1-18-14(11-16-17-18)15(19)9-7-13(8-10-15)12-5-3-2-4-6-12/h2-6,11,13,19H,7-10H2,1H3. The summed E-state index contributed by atoms with van der Waals surface area (Å²) in [5.74, 6) is 0.558. The van der Waals surface area contributed by atoms with Gasteiger partial charge in [-0.15, -0.1) is 5.10 Å². The smallest absolute Gasteiger partial charge is 0.108 e. The van der Waals surface area contributed by atoms with Crippen LogP contribution in [0, 0.1) is 0 Å². The van der Waals surface area contributed by atoms with Gasteiger partial charge < -0.3 is 5.11 Å². The molecule has 0 saturated heterocycles. The van der Waals surface area contributed by atoms with Gasteiger partial charge in [-0.1, -0.05) is 35.5 Å². The molecule has 0 aliphatic heterocycles. The van der Waals surface area contributed by atoms with Gasteiger partial charge in [0, 0.05) is 7.05 Å². The molecule has 4 heteroatoms. The largest absolute Gasteiger partial charge is 0.384 e. The SMILES string of the molecule is Cn1nncc1C1(O)CCC(c2ccccc2)CC1. The quantitative estimate of drug-likeness (QED) is 0.898. The van der Waals surface area contributed by atoms with Gasteiger partial charge in [0.15, 0.2) is 0 Å². The van der Waals surface area contributed by atoms with Crippen LogP contribution in [0.25, 0.3) is 0 Å². The first-order valence-corrected chi connectivity index (χ1v) is 6.81. The van der Waals surface area contributed by atoms with E-state index < -0.39 is 5.60 Å². The monoisotopic (exact) mass is 257 g/mol. The Kier molecular flexibility index (Phi) is 3.11. The van der Waals surface area contributed by atoms with Crippen LogP contribution in [0.5, 0.6) is 0 Å². The van der Waals surface area contributed by atoms with Crippen molar-refractivity contribution in [3.63, 3.8) is 0 Å². The van der Waals surface area contributed by atoms with Crippen molar-refractivity contribution >= 4 is 0 Å². The van der Waals surface area contributed by atoms with Gasteiger partial charge in [0.25, 0.3) is 0 Å². The Balaban J connectivity index is 1.75. The third-order valence-electron chi connectivity index (χ3n) is 4.27. The van der Waals surface area contributed by atoms with Crippen LogP contribution >= 0.6 is 0 Å². The van der Waals surface area contributed by atoms with E-state index in [9.17, 15) is 5.11 Å². The molecule has 0 bridgehead atoms. The summed E-state index contributed by atoms with van der Waals surface area (Å²) < 4.78 is 1.68. The molecule has 19 heavy (non-hydrogen) atoms. The predicted molar refractivity (Wildman–Crippen MR) is 72.6 cm³/mol. The van der Waals surface area contributed by atoms with Crippen LogP contribution < -0.4 is 0 Å². The second-order valence-electron chi connectivity index (χ2n) is 5.46. The normalized spacial score (nSPS) is 27.4. The lowest BCUT2D eigenvalue weighted by atomic mass is 9.75. The number of aromatic nitrogens is 3. The summed E-state index contributed by atoms with van der Waals surface area (Å²) in [4.78, 5) is 0. The number of aryl methyl sites for hydroxylation is 1. The van der Waals surface area contributed by atoms with Crippen molar-refractivity contribution in [1.29, 1.82) is 0 Å². The van der Waals surface area contributed by atoms with E-state index in [1.165, 1.54) is 5.56 Å². The third-order valence-corrected chi connectivity index (χ3v) is 4.27. The van der Waals surface area contributed by atoms with Gasteiger partial charge in [-0.25, -0.2) is 4.68 Å². The number of benzene rings is 1. The summed E-state index contributed by atoms with van der Waals surface area (Å²) in [6.07, 6.45) is 5.24. The highest BCUT2D eigenvalue weighted by atomic mass is 16.3. The molecular weight excluding hydrogens is 238 g/mol. The highest BCUT2D eigenvalue weighted by molar-refractivity contribution is 5.21. The van der Waals surface area contributed by atoms with Gasteiger partial charge in [-0.05, 0) is 37.2 Å².